The van der Waals surface area contributed by atoms with Crippen molar-refractivity contribution in [1.29, 1.82) is 0 Å². The lowest BCUT2D eigenvalue weighted by atomic mass is 9.66. The van der Waals surface area contributed by atoms with Crippen molar-refractivity contribution in [3.05, 3.63) is 16.1 Å². The van der Waals surface area contributed by atoms with Gasteiger partial charge in [-0.3, -0.25) is 0 Å². The van der Waals surface area contributed by atoms with Crippen LogP contribution in [0.1, 0.15) is 49.9 Å². The van der Waals surface area contributed by atoms with Gasteiger partial charge < -0.3 is 5.11 Å². The average Bonchev–Trinajstić information content (AvgIpc) is 2.77. The van der Waals surface area contributed by atoms with Crippen molar-refractivity contribution < 1.29 is 18.3 Å². The highest BCUT2D eigenvalue weighted by atomic mass is 32.1. The topological polar surface area (TPSA) is 33.1 Å². The van der Waals surface area contributed by atoms with Gasteiger partial charge in [0.1, 0.15) is 5.60 Å². The predicted molar refractivity (Wildman–Crippen MR) is 72.4 cm³/mol. The highest BCUT2D eigenvalue weighted by Gasteiger charge is 2.46. The molecule has 1 aromatic heterocycles. The molecular weight excluding hydrogens is 287 g/mol. The Balaban J connectivity index is 2.37. The van der Waals surface area contributed by atoms with Crippen LogP contribution in [0, 0.1) is 17.8 Å². The van der Waals surface area contributed by atoms with Crippen LogP contribution in [0.3, 0.4) is 0 Å². The van der Waals surface area contributed by atoms with Gasteiger partial charge in [-0.05, 0) is 30.6 Å². The molecule has 6 heteroatoms. The van der Waals surface area contributed by atoms with Crippen LogP contribution in [0.2, 0.25) is 0 Å². The normalized spacial score (nSPS) is 31.8. The average molecular weight is 307 g/mol. The Hall–Kier alpha value is -0.620. The van der Waals surface area contributed by atoms with Crippen LogP contribution in [-0.4, -0.2) is 10.1 Å². The third kappa shape index (κ3) is 2.86. The molecule has 1 aliphatic rings. The fourth-order valence-corrected chi connectivity index (χ4v) is 4.21. The Labute approximate surface area is 121 Å². The molecule has 0 amide bonds. The first-order valence-electron chi connectivity index (χ1n) is 6.90. The number of aliphatic hydroxyl groups is 1. The number of alkyl halides is 3. The van der Waals surface area contributed by atoms with Crippen LogP contribution >= 0.6 is 11.3 Å². The van der Waals surface area contributed by atoms with E-state index < -0.39 is 16.8 Å². The summed E-state index contributed by atoms with van der Waals surface area (Å²) in [6.45, 7) is 6.06. The van der Waals surface area contributed by atoms with E-state index in [0.29, 0.717) is 28.6 Å². The fraction of sp³-hybridized carbons (Fsp3) is 0.786. The molecule has 1 saturated carbocycles. The zero-order chi connectivity index (χ0) is 15.1. The Bertz CT molecular complexity index is 471. The number of rotatable bonds is 2. The highest BCUT2D eigenvalue weighted by molar-refractivity contribution is 7.11. The molecule has 0 saturated heterocycles. The predicted octanol–water partition coefficient (Wildman–Crippen LogP) is 4.44. The zero-order valence-electron chi connectivity index (χ0n) is 11.9. The summed E-state index contributed by atoms with van der Waals surface area (Å²) < 4.78 is 38.1. The van der Waals surface area contributed by atoms with E-state index in [1.165, 1.54) is 6.20 Å². The van der Waals surface area contributed by atoms with Gasteiger partial charge in [-0.1, -0.05) is 27.2 Å². The van der Waals surface area contributed by atoms with Crippen molar-refractivity contribution in [2.45, 2.75) is 51.8 Å². The third-order valence-corrected chi connectivity index (χ3v) is 5.43. The Morgan fingerprint density at radius 2 is 2.05 bits per heavy atom. The summed E-state index contributed by atoms with van der Waals surface area (Å²) in [5.74, 6) is 0.524. The van der Waals surface area contributed by atoms with Crippen molar-refractivity contribution in [2.75, 3.05) is 0 Å². The quantitative estimate of drug-likeness (QED) is 0.876. The van der Waals surface area contributed by atoms with Crippen LogP contribution < -0.4 is 0 Å². The summed E-state index contributed by atoms with van der Waals surface area (Å²) in [5.41, 5.74) is -1.17. The second-order valence-corrected chi connectivity index (χ2v) is 7.22. The third-order valence-electron chi connectivity index (χ3n) is 4.22. The van der Waals surface area contributed by atoms with E-state index in [1.54, 1.807) is 0 Å². The highest BCUT2D eigenvalue weighted by Crippen LogP contribution is 2.49. The Kier molecular flexibility index (Phi) is 4.17. The zero-order valence-corrected chi connectivity index (χ0v) is 12.7. The summed E-state index contributed by atoms with van der Waals surface area (Å²) >= 11 is 0.582. The van der Waals surface area contributed by atoms with Crippen LogP contribution in [0.15, 0.2) is 6.20 Å². The monoisotopic (exact) mass is 307 g/mol. The molecule has 2 rings (SSSR count). The number of hydrogen-bond donors (Lipinski definition) is 1. The smallest absolute Gasteiger partial charge is 0.384 e. The van der Waals surface area contributed by atoms with Crippen LogP contribution in [0.4, 0.5) is 13.2 Å². The van der Waals surface area contributed by atoms with E-state index in [2.05, 4.69) is 4.98 Å². The molecule has 1 N–H and O–H groups in total. The van der Waals surface area contributed by atoms with Crippen molar-refractivity contribution >= 4 is 11.3 Å². The summed E-state index contributed by atoms with van der Waals surface area (Å²) in [7, 11) is 0. The molecule has 114 valence electrons. The molecule has 1 aliphatic carbocycles. The molecule has 0 aromatic carbocycles. The summed E-state index contributed by atoms with van der Waals surface area (Å²) in [6, 6.07) is 0. The van der Waals surface area contributed by atoms with Gasteiger partial charge in [0.15, 0.2) is 5.01 Å². The number of nitrogens with zero attached hydrogens (tertiary/aromatic N) is 1. The molecule has 3 unspecified atom stereocenters. The van der Waals surface area contributed by atoms with Crippen molar-refractivity contribution in [2.24, 2.45) is 17.8 Å². The maximum absolute atomic E-state index is 12.7. The Morgan fingerprint density at radius 1 is 1.40 bits per heavy atom. The molecule has 0 spiro atoms. The molecule has 20 heavy (non-hydrogen) atoms. The first kappa shape index (κ1) is 15.8. The fourth-order valence-electron chi connectivity index (χ4n) is 3.26. The minimum absolute atomic E-state index is 0.0137. The van der Waals surface area contributed by atoms with E-state index in [-0.39, 0.29) is 11.8 Å². The first-order valence-corrected chi connectivity index (χ1v) is 7.72. The molecule has 0 radical (unpaired) electrons. The molecule has 0 bridgehead atoms. The molecule has 1 heterocycles. The van der Waals surface area contributed by atoms with Gasteiger partial charge in [0.2, 0.25) is 0 Å². The molecule has 2 nitrogen and oxygen atoms in total. The van der Waals surface area contributed by atoms with Crippen molar-refractivity contribution in [1.82, 2.24) is 4.98 Å². The van der Waals surface area contributed by atoms with E-state index in [9.17, 15) is 18.3 Å². The van der Waals surface area contributed by atoms with Gasteiger partial charge in [-0.25, -0.2) is 4.98 Å². The molecule has 1 fully saturated rings. The van der Waals surface area contributed by atoms with Crippen LogP contribution in [0.5, 0.6) is 0 Å². The van der Waals surface area contributed by atoms with Crippen molar-refractivity contribution in [3.63, 3.8) is 0 Å². The lowest BCUT2D eigenvalue weighted by molar-refractivity contribution is -0.137. The molecule has 3 atom stereocenters. The summed E-state index contributed by atoms with van der Waals surface area (Å²) in [5, 5.41) is 10.2. The first-order chi connectivity index (χ1) is 9.14. The van der Waals surface area contributed by atoms with Gasteiger partial charge in [0.25, 0.3) is 0 Å². The molecular formula is C14H20F3NOS. The largest absolute Gasteiger partial charge is 0.443 e. The number of aromatic nitrogens is 1. The number of halogens is 3. The van der Waals surface area contributed by atoms with E-state index in [1.807, 2.05) is 20.8 Å². The number of hydrogen-bond acceptors (Lipinski definition) is 3. The minimum atomic E-state index is -4.44. The summed E-state index contributed by atoms with van der Waals surface area (Å²) in [4.78, 5) is 3.82. The van der Waals surface area contributed by atoms with Crippen molar-refractivity contribution in [3.8, 4) is 0 Å². The van der Waals surface area contributed by atoms with Gasteiger partial charge in [-0.2, -0.15) is 13.2 Å². The second kappa shape index (κ2) is 5.30. The lowest BCUT2D eigenvalue weighted by Crippen LogP contribution is -2.42. The molecule has 1 aromatic rings. The van der Waals surface area contributed by atoms with Gasteiger partial charge >= 0.3 is 6.18 Å². The maximum Gasteiger partial charge on any atom is 0.443 e. The van der Waals surface area contributed by atoms with Gasteiger partial charge in [-0.15, -0.1) is 11.3 Å². The summed E-state index contributed by atoms with van der Waals surface area (Å²) in [6.07, 6.45) is -0.867. The SMILES string of the molecule is CC1CCC(C(C)C)C(O)(c2cnc(C(F)(F)F)s2)C1. The minimum Gasteiger partial charge on any atom is -0.384 e. The van der Waals surface area contributed by atoms with Crippen LogP contribution in [0.25, 0.3) is 0 Å². The Morgan fingerprint density at radius 3 is 2.55 bits per heavy atom. The lowest BCUT2D eigenvalue weighted by Gasteiger charge is -2.44. The van der Waals surface area contributed by atoms with Gasteiger partial charge in [0.05, 0.1) is 4.88 Å². The maximum atomic E-state index is 12.7. The van der Waals surface area contributed by atoms with E-state index >= 15 is 0 Å². The van der Waals surface area contributed by atoms with Crippen LogP contribution in [-0.2, 0) is 11.8 Å². The van der Waals surface area contributed by atoms with E-state index in [0.717, 1.165) is 12.8 Å². The number of thiazole rings is 1. The van der Waals surface area contributed by atoms with Gasteiger partial charge in [0, 0.05) is 6.20 Å². The second-order valence-electron chi connectivity index (χ2n) is 6.19. The van der Waals surface area contributed by atoms with E-state index in [4.69, 9.17) is 0 Å². The molecule has 0 aliphatic heterocycles. The standard InChI is InChI=1S/C14H20F3NOS/c1-8(2)10-5-4-9(3)6-13(10,19)11-7-18-12(20-11)14(15,16)17/h7-10,19H,4-6H2,1-3H3.